The van der Waals surface area contributed by atoms with E-state index in [1.54, 1.807) is 19.1 Å². The van der Waals surface area contributed by atoms with Crippen LogP contribution in [0.4, 0.5) is 5.69 Å². The molecule has 4 heteroatoms. The summed E-state index contributed by atoms with van der Waals surface area (Å²) in [6.07, 6.45) is 0.479. The third-order valence-electron chi connectivity index (χ3n) is 7.76. The van der Waals surface area contributed by atoms with E-state index >= 15 is 0 Å². The molecule has 0 aromatic heterocycles. The molecule has 1 aliphatic heterocycles. The van der Waals surface area contributed by atoms with Gasteiger partial charge in [-0.15, -0.1) is 0 Å². The molecule has 5 rings (SSSR count). The summed E-state index contributed by atoms with van der Waals surface area (Å²) in [6, 6.07) is 24.7. The minimum Gasteiger partial charge on any atom is -0.369 e. The van der Waals surface area contributed by atoms with Gasteiger partial charge in [0.1, 0.15) is 0 Å². The Bertz CT molecular complexity index is 1340. The lowest BCUT2D eigenvalue weighted by Crippen LogP contribution is -2.45. The summed E-state index contributed by atoms with van der Waals surface area (Å²) in [5.41, 5.74) is 7.41. The maximum atomic E-state index is 13.1. The van der Waals surface area contributed by atoms with E-state index in [4.69, 9.17) is 0 Å². The molecule has 3 aromatic carbocycles. The fourth-order valence-electron chi connectivity index (χ4n) is 5.33. The minimum absolute atomic E-state index is 0.0269. The minimum atomic E-state index is -0.0372. The lowest BCUT2D eigenvalue weighted by Gasteiger charge is -2.36. The zero-order valence-electron chi connectivity index (χ0n) is 22.4. The van der Waals surface area contributed by atoms with E-state index in [9.17, 15) is 9.59 Å². The molecule has 1 saturated heterocycles. The molecule has 0 saturated carbocycles. The summed E-state index contributed by atoms with van der Waals surface area (Å²) in [5.74, 6) is -0.0641. The Morgan fingerprint density at radius 2 is 1.27 bits per heavy atom. The average Bonchev–Trinajstić information content (AvgIpc) is 2.90. The molecule has 0 amide bonds. The monoisotopic (exact) mass is 492 g/mol. The zero-order valence-corrected chi connectivity index (χ0v) is 22.4. The van der Waals surface area contributed by atoms with E-state index < -0.39 is 0 Å². The Labute approximate surface area is 220 Å². The molecule has 4 nitrogen and oxygen atoms in total. The number of rotatable bonds is 5. The molecule has 1 fully saturated rings. The number of hydrogen-bond acceptors (Lipinski definition) is 4. The second-order valence-corrected chi connectivity index (χ2v) is 11.4. The first-order valence-corrected chi connectivity index (χ1v) is 13.2. The third-order valence-corrected chi connectivity index (χ3v) is 7.76. The first kappa shape index (κ1) is 25.2. The number of hydrogen-bond donors (Lipinski definition) is 0. The van der Waals surface area contributed by atoms with Crippen molar-refractivity contribution in [3.63, 3.8) is 0 Å². The molecular formula is C33H36N2O2. The normalized spacial score (nSPS) is 16.8. The predicted molar refractivity (Wildman–Crippen MR) is 151 cm³/mol. The van der Waals surface area contributed by atoms with Crippen LogP contribution < -0.4 is 4.90 Å². The summed E-state index contributed by atoms with van der Waals surface area (Å²) in [6.45, 7) is 13.6. The van der Waals surface area contributed by atoms with Gasteiger partial charge < -0.3 is 4.90 Å². The summed E-state index contributed by atoms with van der Waals surface area (Å²) in [4.78, 5) is 30.8. The Balaban J connectivity index is 1.19. The van der Waals surface area contributed by atoms with Crippen molar-refractivity contribution >= 4 is 17.3 Å². The highest BCUT2D eigenvalue weighted by molar-refractivity contribution is 6.26. The first-order chi connectivity index (χ1) is 17.7. The van der Waals surface area contributed by atoms with Crippen molar-refractivity contribution in [1.29, 1.82) is 0 Å². The number of carbonyl (C=O) groups excluding carboxylic acids is 2. The number of fused-ring (bicyclic) bond motifs is 1. The zero-order chi connectivity index (χ0) is 26.2. The van der Waals surface area contributed by atoms with E-state index in [0.717, 1.165) is 38.3 Å². The van der Waals surface area contributed by atoms with Crippen LogP contribution in [-0.4, -0.2) is 42.6 Å². The Kier molecular flexibility index (Phi) is 6.87. The number of carbonyl (C=O) groups is 2. The Hall–Kier alpha value is -3.50. The van der Waals surface area contributed by atoms with Crippen molar-refractivity contribution < 1.29 is 9.59 Å². The van der Waals surface area contributed by atoms with Gasteiger partial charge >= 0.3 is 0 Å². The fourth-order valence-corrected chi connectivity index (χ4v) is 5.33. The molecule has 0 spiro atoms. The van der Waals surface area contributed by atoms with Crippen LogP contribution in [0.25, 0.3) is 0 Å². The van der Waals surface area contributed by atoms with Crippen LogP contribution in [0.5, 0.6) is 0 Å². The molecule has 2 aliphatic rings. The van der Waals surface area contributed by atoms with Gasteiger partial charge in [0.25, 0.3) is 0 Å². The quantitative estimate of drug-likeness (QED) is 0.422. The van der Waals surface area contributed by atoms with E-state index in [2.05, 4.69) is 79.1 Å². The molecule has 0 atom stereocenters. The van der Waals surface area contributed by atoms with Crippen molar-refractivity contribution in [1.82, 2.24) is 4.90 Å². The number of anilines is 1. The second kappa shape index (κ2) is 10.1. The molecule has 1 heterocycles. The largest absolute Gasteiger partial charge is 0.369 e. The lowest BCUT2D eigenvalue weighted by atomic mass is 9.82. The molecule has 0 N–H and O–H groups in total. The van der Waals surface area contributed by atoms with E-state index in [-0.39, 0.29) is 17.0 Å². The van der Waals surface area contributed by atoms with Gasteiger partial charge in [0.05, 0.1) is 0 Å². The van der Waals surface area contributed by atoms with Crippen molar-refractivity contribution in [2.75, 3.05) is 31.1 Å². The van der Waals surface area contributed by atoms with Gasteiger partial charge in [-0.25, -0.2) is 0 Å². The summed E-state index contributed by atoms with van der Waals surface area (Å²) >= 11 is 0. The highest BCUT2D eigenvalue weighted by Gasteiger charge is 2.29. The highest BCUT2D eigenvalue weighted by Crippen LogP contribution is 2.29. The average molecular weight is 493 g/mol. The fraction of sp³-hybridized carbons (Fsp3) is 0.333. The van der Waals surface area contributed by atoms with Gasteiger partial charge in [-0.05, 0) is 41.2 Å². The lowest BCUT2D eigenvalue weighted by molar-refractivity contribution is 0.0973. The van der Waals surface area contributed by atoms with Gasteiger partial charge in [0.2, 0.25) is 0 Å². The smallest absolute Gasteiger partial charge is 0.190 e. The van der Waals surface area contributed by atoms with E-state index in [1.165, 1.54) is 16.8 Å². The Morgan fingerprint density at radius 1 is 0.703 bits per heavy atom. The highest BCUT2D eigenvalue weighted by atomic mass is 16.1. The van der Waals surface area contributed by atoms with Crippen LogP contribution in [-0.2, 0) is 18.4 Å². The van der Waals surface area contributed by atoms with Crippen LogP contribution in [0.2, 0.25) is 0 Å². The number of benzene rings is 3. The number of allylic oxidation sites excluding steroid dienone is 2. The molecule has 0 bridgehead atoms. The molecule has 0 unspecified atom stereocenters. The van der Waals surface area contributed by atoms with E-state index in [1.807, 2.05) is 12.1 Å². The van der Waals surface area contributed by atoms with Gasteiger partial charge in [-0.1, -0.05) is 81.4 Å². The van der Waals surface area contributed by atoms with Crippen LogP contribution in [0.3, 0.4) is 0 Å². The van der Waals surface area contributed by atoms with Crippen molar-refractivity contribution in [2.45, 2.75) is 46.1 Å². The van der Waals surface area contributed by atoms with Crippen molar-refractivity contribution in [3.8, 4) is 0 Å². The molecular weight excluding hydrogens is 456 g/mol. The van der Waals surface area contributed by atoms with Crippen LogP contribution in [0.1, 0.15) is 65.1 Å². The topological polar surface area (TPSA) is 40.6 Å². The molecule has 190 valence electrons. The summed E-state index contributed by atoms with van der Waals surface area (Å²) in [5, 5.41) is 0. The van der Waals surface area contributed by atoms with Gasteiger partial charge in [-0.3, -0.25) is 14.5 Å². The number of ketones is 2. The SMILES string of the molecule is CC1=C(Cc2ccc(N3CCN(Cc4ccc(C(C)(C)C)cc4)CC3)cc2)C(=O)c2ccccc2C1=O. The van der Waals surface area contributed by atoms with Crippen molar-refractivity contribution in [3.05, 3.63) is 112 Å². The molecule has 37 heavy (non-hydrogen) atoms. The third kappa shape index (κ3) is 5.30. The number of piperazine rings is 1. The van der Waals surface area contributed by atoms with Gasteiger partial charge in [0.15, 0.2) is 11.6 Å². The maximum absolute atomic E-state index is 13.1. The van der Waals surface area contributed by atoms with Gasteiger partial charge in [0, 0.05) is 67.1 Å². The number of Topliss-reactive ketones (excluding diaryl/α,β-unsaturated/α-hetero) is 2. The molecule has 0 radical (unpaired) electrons. The predicted octanol–water partition coefficient (Wildman–Crippen LogP) is 6.24. The van der Waals surface area contributed by atoms with Crippen molar-refractivity contribution in [2.24, 2.45) is 0 Å². The van der Waals surface area contributed by atoms with E-state index in [0.29, 0.717) is 28.7 Å². The first-order valence-electron chi connectivity index (χ1n) is 13.2. The second-order valence-electron chi connectivity index (χ2n) is 11.4. The van der Waals surface area contributed by atoms with Crippen LogP contribution in [0, 0.1) is 0 Å². The summed E-state index contributed by atoms with van der Waals surface area (Å²) in [7, 11) is 0. The summed E-state index contributed by atoms with van der Waals surface area (Å²) < 4.78 is 0. The number of nitrogens with zero attached hydrogens (tertiary/aromatic N) is 2. The van der Waals surface area contributed by atoms with Crippen LogP contribution >= 0.6 is 0 Å². The van der Waals surface area contributed by atoms with Gasteiger partial charge in [-0.2, -0.15) is 0 Å². The molecule has 1 aliphatic carbocycles. The standard InChI is InChI=1S/C33H36N2O2/c1-23-30(32(37)29-8-6-5-7-28(29)31(23)36)21-24-11-15-27(16-12-24)35-19-17-34(18-20-35)22-25-9-13-26(14-10-25)33(2,3)4/h5-16H,17-22H2,1-4H3. The Morgan fingerprint density at radius 3 is 1.86 bits per heavy atom. The maximum Gasteiger partial charge on any atom is 0.190 e. The van der Waals surface area contributed by atoms with Crippen LogP contribution in [0.15, 0.2) is 83.9 Å². The molecule has 3 aromatic rings.